The molecule has 2 heterocycles. The summed E-state index contributed by atoms with van der Waals surface area (Å²) in [4.78, 5) is 4.99. The van der Waals surface area contributed by atoms with Crippen molar-refractivity contribution in [3.05, 3.63) is 289 Å². The fraction of sp³-hybridized carbons (Fsp3) is 0.0278. The molecule has 0 aromatic heterocycles. The Kier molecular flexibility index (Phi) is 9.74. The van der Waals surface area contributed by atoms with Gasteiger partial charge in [0, 0.05) is 47.0 Å². The summed E-state index contributed by atoms with van der Waals surface area (Å²) in [7, 11) is 0. The molecule has 0 radical (unpaired) electrons. The van der Waals surface area contributed by atoms with Crippen LogP contribution in [0.4, 0.5) is 34.1 Å². The second-order valence-corrected chi connectivity index (χ2v) is 20.0. The predicted octanol–water partition coefficient (Wildman–Crippen LogP) is 19.7. The van der Waals surface area contributed by atoms with Crippen LogP contribution in [-0.2, 0) is 12.8 Å². The molecule has 0 saturated heterocycles. The van der Waals surface area contributed by atoms with Gasteiger partial charge in [-0.1, -0.05) is 206 Å². The van der Waals surface area contributed by atoms with Gasteiger partial charge in [0.2, 0.25) is 0 Å². The fourth-order valence-electron chi connectivity index (χ4n) is 12.4. The summed E-state index contributed by atoms with van der Waals surface area (Å²) >= 11 is 0. The highest BCUT2D eigenvalue weighted by Crippen LogP contribution is 2.53. The molecule has 2 aliphatic rings. The molecule has 2 nitrogen and oxygen atoms in total. The molecule has 346 valence electrons. The third-order valence-corrected chi connectivity index (χ3v) is 15.8. The molecule has 2 aliphatic heterocycles. The van der Waals surface area contributed by atoms with Crippen LogP contribution in [0.3, 0.4) is 0 Å². The quantitative estimate of drug-likeness (QED) is 0.153. The zero-order valence-electron chi connectivity index (χ0n) is 40.7. The van der Waals surface area contributed by atoms with Crippen LogP contribution in [0, 0.1) is 0 Å². The number of benzene rings is 13. The molecule has 0 atom stereocenters. The van der Waals surface area contributed by atoms with Crippen molar-refractivity contribution in [2.75, 3.05) is 9.80 Å². The Balaban J connectivity index is 1.08. The summed E-state index contributed by atoms with van der Waals surface area (Å²) in [6.07, 6.45) is 1.80. The van der Waals surface area contributed by atoms with Crippen molar-refractivity contribution >= 4 is 77.2 Å². The van der Waals surface area contributed by atoms with E-state index in [0.717, 1.165) is 24.2 Å². The van der Waals surface area contributed by atoms with Crippen LogP contribution >= 0.6 is 0 Å². The van der Waals surface area contributed by atoms with Gasteiger partial charge in [0.05, 0.1) is 0 Å². The van der Waals surface area contributed by atoms with Crippen LogP contribution in [-0.4, -0.2) is 0 Å². The van der Waals surface area contributed by atoms with E-state index < -0.39 is 0 Å². The Morgan fingerprint density at radius 3 is 0.946 bits per heavy atom. The highest BCUT2D eigenvalue weighted by molar-refractivity contribution is 6.25. The molecule has 0 bridgehead atoms. The molecule has 0 amide bonds. The summed E-state index contributed by atoms with van der Waals surface area (Å²) in [5.41, 5.74) is 22.1. The largest absolute Gasteiger partial charge is 0.310 e. The minimum absolute atomic E-state index is 0.898. The van der Waals surface area contributed by atoms with E-state index in [9.17, 15) is 0 Å². The third-order valence-electron chi connectivity index (χ3n) is 15.8. The summed E-state index contributed by atoms with van der Waals surface area (Å²) in [6, 6.07) is 99.7. The first-order valence-corrected chi connectivity index (χ1v) is 25.8. The monoisotopic (exact) mass is 940 g/mol. The van der Waals surface area contributed by atoms with Gasteiger partial charge in [-0.05, 0) is 171 Å². The Morgan fingerprint density at radius 1 is 0.230 bits per heavy atom. The molecular weight excluding hydrogens is 893 g/mol. The number of rotatable bonds is 6. The van der Waals surface area contributed by atoms with E-state index in [4.69, 9.17) is 0 Å². The molecule has 0 fully saturated rings. The van der Waals surface area contributed by atoms with Crippen LogP contribution in [0.2, 0.25) is 0 Å². The zero-order valence-corrected chi connectivity index (χ0v) is 40.7. The van der Waals surface area contributed by atoms with E-state index in [1.807, 2.05) is 0 Å². The van der Waals surface area contributed by atoms with Gasteiger partial charge in [-0.25, -0.2) is 0 Å². The Morgan fingerprint density at radius 2 is 0.554 bits per heavy atom. The minimum atomic E-state index is 0.898. The van der Waals surface area contributed by atoms with Gasteiger partial charge in [-0.3, -0.25) is 0 Å². The smallest absolute Gasteiger partial charge is 0.0497 e. The van der Waals surface area contributed by atoms with Gasteiger partial charge >= 0.3 is 0 Å². The molecule has 0 spiro atoms. The lowest BCUT2D eigenvalue weighted by atomic mass is 9.81. The SMILES string of the molecule is c1ccc2c(c1)Cc1ccccc1N2c1ccc2c(-c3ccccc3-c3ccc4ccccc4c3)c3cc(N4c5ccccc5Cc5ccccc54)ccc3c(-c3ccccc3-c3ccc4ccccc4c3)c2c1. The van der Waals surface area contributed by atoms with E-state index in [2.05, 4.69) is 277 Å². The molecule has 0 aliphatic carbocycles. The number of para-hydroxylation sites is 4. The van der Waals surface area contributed by atoms with Crippen LogP contribution in [0.15, 0.2) is 267 Å². The summed E-state index contributed by atoms with van der Waals surface area (Å²) in [5.74, 6) is 0. The maximum Gasteiger partial charge on any atom is 0.0497 e. The number of nitrogens with zero attached hydrogens (tertiary/aromatic N) is 2. The molecule has 13 aromatic carbocycles. The molecule has 74 heavy (non-hydrogen) atoms. The average Bonchev–Trinajstić information content (AvgIpc) is 3.48. The van der Waals surface area contributed by atoms with E-state index in [1.165, 1.54) is 133 Å². The summed E-state index contributed by atoms with van der Waals surface area (Å²) in [5, 5.41) is 9.74. The highest BCUT2D eigenvalue weighted by atomic mass is 15.2. The Labute approximate surface area is 431 Å². The Bertz CT molecular complexity index is 4030. The first-order valence-electron chi connectivity index (χ1n) is 25.8. The van der Waals surface area contributed by atoms with Crippen molar-refractivity contribution in [3.8, 4) is 44.5 Å². The lowest BCUT2D eigenvalue weighted by molar-refractivity contribution is 1.09. The van der Waals surface area contributed by atoms with Crippen molar-refractivity contribution in [3.63, 3.8) is 0 Å². The molecule has 15 rings (SSSR count). The van der Waals surface area contributed by atoms with Gasteiger partial charge in [0.1, 0.15) is 0 Å². The first-order chi connectivity index (χ1) is 36.7. The lowest BCUT2D eigenvalue weighted by Crippen LogP contribution is -2.18. The Hall–Kier alpha value is -9.50. The lowest BCUT2D eigenvalue weighted by Gasteiger charge is -2.34. The van der Waals surface area contributed by atoms with Crippen LogP contribution in [0.5, 0.6) is 0 Å². The van der Waals surface area contributed by atoms with E-state index in [-0.39, 0.29) is 0 Å². The number of hydrogen-bond donors (Lipinski definition) is 0. The molecule has 2 heteroatoms. The summed E-state index contributed by atoms with van der Waals surface area (Å²) in [6.45, 7) is 0. The zero-order chi connectivity index (χ0) is 48.7. The maximum atomic E-state index is 2.49. The van der Waals surface area contributed by atoms with Crippen molar-refractivity contribution in [2.24, 2.45) is 0 Å². The van der Waals surface area contributed by atoms with Crippen LogP contribution < -0.4 is 9.80 Å². The van der Waals surface area contributed by atoms with Gasteiger partial charge in [-0.2, -0.15) is 0 Å². The van der Waals surface area contributed by atoms with Crippen molar-refractivity contribution in [1.29, 1.82) is 0 Å². The standard InChI is InChI=1S/C72H48N2/c1-3-19-49-41-51(35-33-47(49)17-1)59-25-9-11-27-61(59)71-63-39-37-58(74-69-31-15-7-23-55(69)44-56-24-8-16-32-70(56)74)46-66(63)72(62-28-12-10-26-60(62)52-36-34-48-18-2-4-20-50(48)42-52)64-40-38-57(45-65(64)71)73-67-29-13-5-21-53(67)43-54-22-6-14-30-68(54)73/h1-42,45-46H,43-44H2. The normalized spacial score (nSPS) is 12.7. The fourth-order valence-corrected chi connectivity index (χ4v) is 12.4. The van der Waals surface area contributed by atoms with Crippen LogP contribution in [0.25, 0.3) is 87.6 Å². The number of hydrogen-bond acceptors (Lipinski definition) is 2. The third kappa shape index (κ3) is 6.80. The van der Waals surface area contributed by atoms with Crippen molar-refractivity contribution < 1.29 is 0 Å². The second kappa shape index (κ2) is 17.1. The number of fused-ring (bicyclic) bond motifs is 8. The van der Waals surface area contributed by atoms with Crippen LogP contribution in [0.1, 0.15) is 22.3 Å². The molecular formula is C72H48N2. The molecule has 0 saturated carbocycles. The molecule has 0 N–H and O–H groups in total. The van der Waals surface area contributed by atoms with E-state index >= 15 is 0 Å². The summed E-state index contributed by atoms with van der Waals surface area (Å²) < 4.78 is 0. The maximum absolute atomic E-state index is 2.49. The minimum Gasteiger partial charge on any atom is -0.310 e. The first kappa shape index (κ1) is 42.2. The van der Waals surface area contributed by atoms with E-state index in [0.29, 0.717) is 0 Å². The number of anilines is 6. The average molecular weight is 941 g/mol. The molecule has 0 unspecified atom stereocenters. The highest BCUT2D eigenvalue weighted by Gasteiger charge is 2.29. The second-order valence-electron chi connectivity index (χ2n) is 20.0. The van der Waals surface area contributed by atoms with Gasteiger partial charge in [-0.15, -0.1) is 0 Å². The van der Waals surface area contributed by atoms with Gasteiger partial charge in [0.25, 0.3) is 0 Å². The topological polar surface area (TPSA) is 6.48 Å². The predicted molar refractivity (Wildman–Crippen MR) is 313 cm³/mol. The van der Waals surface area contributed by atoms with Crippen molar-refractivity contribution in [2.45, 2.75) is 12.8 Å². The van der Waals surface area contributed by atoms with E-state index in [1.54, 1.807) is 0 Å². The van der Waals surface area contributed by atoms with Gasteiger partial charge < -0.3 is 9.80 Å². The van der Waals surface area contributed by atoms with Gasteiger partial charge in [0.15, 0.2) is 0 Å². The van der Waals surface area contributed by atoms with Crippen molar-refractivity contribution in [1.82, 2.24) is 0 Å². The molecule has 13 aromatic rings.